The Kier molecular flexibility index (Phi) is 7.13. The van der Waals surface area contributed by atoms with Crippen LogP contribution in [0, 0.1) is 6.92 Å². The van der Waals surface area contributed by atoms with Crippen LogP contribution in [0.2, 0.25) is 0 Å². The molecule has 3 rings (SSSR count). The lowest BCUT2D eigenvalue weighted by Gasteiger charge is -2.19. The Labute approximate surface area is 171 Å². The maximum Gasteiger partial charge on any atom is 0.241 e. The van der Waals surface area contributed by atoms with Crippen LogP contribution in [0.1, 0.15) is 18.4 Å². The van der Waals surface area contributed by atoms with Gasteiger partial charge in [0, 0.05) is 22.1 Å². The van der Waals surface area contributed by atoms with Crippen molar-refractivity contribution in [3.8, 4) is 0 Å². The summed E-state index contributed by atoms with van der Waals surface area (Å²) in [5.74, 6) is 0.660. The van der Waals surface area contributed by atoms with E-state index in [4.69, 9.17) is 5.73 Å². The van der Waals surface area contributed by atoms with E-state index in [9.17, 15) is 8.42 Å². The zero-order valence-corrected chi connectivity index (χ0v) is 17.6. The van der Waals surface area contributed by atoms with Crippen LogP contribution in [0.4, 0.5) is 0 Å². The fourth-order valence-electron chi connectivity index (χ4n) is 3.19. The highest BCUT2D eigenvalue weighted by Gasteiger charge is 2.22. The van der Waals surface area contributed by atoms with Gasteiger partial charge < -0.3 is 5.73 Å². The van der Waals surface area contributed by atoms with Gasteiger partial charge in [-0.25, -0.2) is 13.1 Å². The van der Waals surface area contributed by atoms with E-state index in [1.807, 2.05) is 67.6 Å². The largest absolute Gasteiger partial charge is 0.330 e. The minimum Gasteiger partial charge on any atom is -0.330 e. The van der Waals surface area contributed by atoms with E-state index in [0.717, 1.165) is 27.7 Å². The van der Waals surface area contributed by atoms with Crippen LogP contribution in [-0.4, -0.2) is 26.8 Å². The van der Waals surface area contributed by atoms with E-state index in [2.05, 4.69) is 4.72 Å². The smallest absolute Gasteiger partial charge is 0.241 e. The first-order valence-electron chi connectivity index (χ1n) is 9.40. The molecule has 0 unspecified atom stereocenters. The number of sulfonamides is 1. The van der Waals surface area contributed by atoms with Crippen LogP contribution >= 0.6 is 11.8 Å². The molecule has 4 nitrogen and oxygen atoms in total. The van der Waals surface area contributed by atoms with Gasteiger partial charge in [-0.05, 0) is 55.5 Å². The molecule has 6 heteroatoms. The van der Waals surface area contributed by atoms with Gasteiger partial charge in [0.25, 0.3) is 0 Å². The van der Waals surface area contributed by atoms with Crippen molar-refractivity contribution in [1.29, 1.82) is 0 Å². The van der Waals surface area contributed by atoms with Crippen molar-refractivity contribution in [2.75, 3.05) is 12.3 Å². The second-order valence-corrected chi connectivity index (χ2v) is 9.58. The molecule has 0 saturated carbocycles. The maximum atomic E-state index is 13.2. The average Bonchev–Trinajstić information content (AvgIpc) is 2.71. The Hall–Kier alpha value is -1.86. The summed E-state index contributed by atoms with van der Waals surface area (Å²) in [5, 5.41) is 1.71. The zero-order valence-electron chi connectivity index (χ0n) is 16.0. The predicted octanol–water partition coefficient (Wildman–Crippen LogP) is 4.33. The highest BCUT2D eigenvalue weighted by atomic mass is 32.2. The summed E-state index contributed by atoms with van der Waals surface area (Å²) in [6.45, 7) is 2.54. The van der Waals surface area contributed by atoms with Gasteiger partial charge in [0.2, 0.25) is 10.0 Å². The van der Waals surface area contributed by atoms with Crippen molar-refractivity contribution < 1.29 is 8.42 Å². The number of aryl methyl sites for hydroxylation is 1. The number of fused-ring (bicyclic) bond motifs is 1. The van der Waals surface area contributed by atoms with E-state index in [-0.39, 0.29) is 6.04 Å². The summed E-state index contributed by atoms with van der Waals surface area (Å²) in [6.07, 6.45) is 1.48. The third-order valence-electron chi connectivity index (χ3n) is 4.66. The van der Waals surface area contributed by atoms with Crippen molar-refractivity contribution >= 4 is 32.6 Å². The average molecular weight is 415 g/mol. The molecule has 28 heavy (non-hydrogen) atoms. The van der Waals surface area contributed by atoms with E-state index >= 15 is 0 Å². The topological polar surface area (TPSA) is 72.2 Å². The molecule has 0 saturated heterocycles. The molecule has 0 aliphatic rings. The van der Waals surface area contributed by atoms with Crippen molar-refractivity contribution in [2.45, 2.75) is 35.6 Å². The Morgan fingerprint density at radius 1 is 0.964 bits per heavy atom. The second kappa shape index (κ2) is 9.56. The van der Waals surface area contributed by atoms with Crippen molar-refractivity contribution in [1.82, 2.24) is 4.72 Å². The molecular weight excluding hydrogens is 388 g/mol. The fourth-order valence-corrected chi connectivity index (χ4v) is 5.77. The van der Waals surface area contributed by atoms with E-state index in [1.165, 1.54) is 0 Å². The van der Waals surface area contributed by atoms with E-state index < -0.39 is 10.0 Å². The summed E-state index contributed by atoms with van der Waals surface area (Å²) in [7, 11) is -3.64. The molecule has 0 amide bonds. The van der Waals surface area contributed by atoms with Crippen LogP contribution < -0.4 is 10.5 Å². The van der Waals surface area contributed by atoms with Crippen LogP contribution in [0.15, 0.2) is 76.5 Å². The molecule has 0 aliphatic carbocycles. The third kappa shape index (κ3) is 5.14. The molecular formula is C22H26N2O2S2. The number of rotatable bonds is 9. The lowest BCUT2D eigenvalue weighted by molar-refractivity contribution is 0.543. The molecule has 3 aromatic rings. The molecule has 0 bridgehead atoms. The number of nitrogens with two attached hydrogens (primary N) is 1. The molecule has 0 radical (unpaired) electrons. The minimum atomic E-state index is -3.64. The Morgan fingerprint density at radius 3 is 2.36 bits per heavy atom. The molecule has 3 aromatic carbocycles. The molecule has 0 spiro atoms. The minimum absolute atomic E-state index is 0.182. The first-order valence-corrected chi connectivity index (χ1v) is 11.9. The van der Waals surface area contributed by atoms with Crippen molar-refractivity contribution in [3.05, 3.63) is 72.3 Å². The quantitative estimate of drug-likeness (QED) is 0.511. The van der Waals surface area contributed by atoms with Gasteiger partial charge >= 0.3 is 0 Å². The van der Waals surface area contributed by atoms with Crippen molar-refractivity contribution in [2.24, 2.45) is 5.73 Å². The van der Waals surface area contributed by atoms with Crippen molar-refractivity contribution in [3.63, 3.8) is 0 Å². The van der Waals surface area contributed by atoms with Crippen LogP contribution in [0.5, 0.6) is 0 Å². The number of hydrogen-bond donors (Lipinski definition) is 2. The Balaban J connectivity index is 1.84. The summed E-state index contributed by atoms with van der Waals surface area (Å²) in [6, 6.07) is 21.0. The molecule has 0 aliphatic heterocycles. The summed E-state index contributed by atoms with van der Waals surface area (Å²) >= 11 is 1.65. The second-order valence-electron chi connectivity index (χ2n) is 6.80. The molecule has 0 aromatic heterocycles. The summed E-state index contributed by atoms with van der Waals surface area (Å²) in [5.41, 5.74) is 6.73. The first-order chi connectivity index (χ1) is 13.5. The SMILES string of the molecule is Cc1ccc(S(=O)(=O)N[C@@H](CCCN)CSc2ccccc2)c2ccccc12. The molecule has 1 atom stereocenters. The zero-order chi connectivity index (χ0) is 20.0. The molecule has 148 valence electrons. The number of hydrogen-bond acceptors (Lipinski definition) is 4. The van der Waals surface area contributed by atoms with Gasteiger partial charge in [-0.15, -0.1) is 11.8 Å². The summed E-state index contributed by atoms with van der Waals surface area (Å²) in [4.78, 5) is 1.45. The Bertz CT molecular complexity index is 1020. The lowest BCUT2D eigenvalue weighted by atomic mass is 10.1. The normalized spacial score (nSPS) is 12.9. The maximum absolute atomic E-state index is 13.2. The number of nitrogens with one attached hydrogen (secondary N) is 1. The number of thioether (sulfide) groups is 1. The van der Waals surface area contributed by atoms with E-state index in [1.54, 1.807) is 17.8 Å². The first kappa shape index (κ1) is 20.9. The van der Waals surface area contributed by atoms with Gasteiger partial charge in [0.05, 0.1) is 4.90 Å². The van der Waals surface area contributed by atoms with Crippen LogP contribution in [0.3, 0.4) is 0 Å². The van der Waals surface area contributed by atoms with Gasteiger partial charge in [0.1, 0.15) is 0 Å². The van der Waals surface area contributed by atoms with E-state index in [0.29, 0.717) is 23.6 Å². The van der Waals surface area contributed by atoms with Gasteiger partial charge in [0.15, 0.2) is 0 Å². The fraction of sp³-hybridized carbons (Fsp3) is 0.273. The third-order valence-corrected chi connectivity index (χ3v) is 7.42. The van der Waals surface area contributed by atoms with Crippen LogP contribution in [0.25, 0.3) is 10.8 Å². The molecule has 3 N–H and O–H groups in total. The highest BCUT2D eigenvalue weighted by molar-refractivity contribution is 7.99. The molecule has 0 heterocycles. The Morgan fingerprint density at radius 2 is 1.64 bits per heavy atom. The number of benzene rings is 3. The summed E-state index contributed by atoms with van der Waals surface area (Å²) < 4.78 is 29.3. The standard InChI is InChI=1S/C22H26N2O2S2/c1-17-13-14-22(21-12-6-5-11-20(17)21)28(25,26)24-18(8-7-15-23)16-27-19-9-3-2-4-10-19/h2-6,9-14,18,24H,7-8,15-16,23H2,1H3/t18-/m0/s1. The van der Waals surface area contributed by atoms with Gasteiger partial charge in [-0.2, -0.15) is 0 Å². The lowest BCUT2D eigenvalue weighted by Crippen LogP contribution is -2.37. The highest BCUT2D eigenvalue weighted by Crippen LogP contribution is 2.27. The molecule has 0 fully saturated rings. The van der Waals surface area contributed by atoms with Crippen LogP contribution in [-0.2, 0) is 10.0 Å². The predicted molar refractivity (Wildman–Crippen MR) is 118 cm³/mol. The monoisotopic (exact) mass is 414 g/mol. The van der Waals surface area contributed by atoms with Gasteiger partial charge in [-0.3, -0.25) is 0 Å². The van der Waals surface area contributed by atoms with Gasteiger partial charge in [-0.1, -0.05) is 48.5 Å².